The standard InChI is InChI=1S/C19H29N3O3/c1-19(2,3)18(24)25-22-11-9-15(10-12-22)17(23)21(4)16-7-5-14(13-20)6-8-16/h5-8,15H,9-13,20H2,1-4H3. The molecule has 0 aliphatic carbocycles. The monoisotopic (exact) mass is 347 g/mol. The van der Waals surface area contributed by atoms with Crippen molar-refractivity contribution in [2.75, 3.05) is 25.0 Å². The number of carbonyl (C=O) groups is 2. The summed E-state index contributed by atoms with van der Waals surface area (Å²) in [6.45, 7) is 7.14. The van der Waals surface area contributed by atoms with Crippen molar-refractivity contribution in [3.63, 3.8) is 0 Å². The van der Waals surface area contributed by atoms with E-state index < -0.39 is 5.41 Å². The summed E-state index contributed by atoms with van der Waals surface area (Å²) in [5.74, 6) is -0.194. The van der Waals surface area contributed by atoms with Crippen LogP contribution >= 0.6 is 0 Å². The van der Waals surface area contributed by atoms with Crippen molar-refractivity contribution in [3.05, 3.63) is 29.8 Å². The summed E-state index contributed by atoms with van der Waals surface area (Å²) >= 11 is 0. The fourth-order valence-corrected chi connectivity index (χ4v) is 2.70. The highest BCUT2D eigenvalue weighted by Crippen LogP contribution is 2.24. The second kappa shape index (κ2) is 7.97. The maximum Gasteiger partial charge on any atom is 0.330 e. The van der Waals surface area contributed by atoms with Crippen LogP contribution in [0.25, 0.3) is 0 Å². The van der Waals surface area contributed by atoms with Crippen LogP contribution in [-0.2, 0) is 21.0 Å². The molecule has 1 aliphatic heterocycles. The SMILES string of the molecule is CN(C(=O)C1CCN(OC(=O)C(C)(C)C)CC1)c1ccc(CN)cc1. The van der Waals surface area contributed by atoms with Gasteiger partial charge in [0.2, 0.25) is 5.91 Å². The zero-order valence-electron chi connectivity index (χ0n) is 15.6. The van der Waals surface area contributed by atoms with Gasteiger partial charge >= 0.3 is 5.97 Å². The molecule has 1 saturated heterocycles. The summed E-state index contributed by atoms with van der Waals surface area (Å²) in [6.07, 6.45) is 1.36. The summed E-state index contributed by atoms with van der Waals surface area (Å²) in [5.41, 5.74) is 6.99. The van der Waals surface area contributed by atoms with Crippen LogP contribution in [0.4, 0.5) is 5.69 Å². The number of nitrogens with two attached hydrogens (primary N) is 1. The second-order valence-electron chi connectivity index (χ2n) is 7.60. The van der Waals surface area contributed by atoms with Gasteiger partial charge in [-0.15, -0.1) is 5.06 Å². The molecule has 1 aromatic carbocycles. The Labute approximate surface area is 149 Å². The maximum atomic E-state index is 12.7. The molecule has 1 fully saturated rings. The number of amides is 1. The molecule has 0 unspecified atom stereocenters. The van der Waals surface area contributed by atoms with Crippen molar-refractivity contribution >= 4 is 17.6 Å². The third-order valence-electron chi connectivity index (χ3n) is 4.52. The minimum absolute atomic E-state index is 0.0521. The Morgan fingerprint density at radius 3 is 2.24 bits per heavy atom. The van der Waals surface area contributed by atoms with Gasteiger partial charge in [0.1, 0.15) is 0 Å². The number of rotatable bonds is 4. The first kappa shape index (κ1) is 19.4. The molecule has 138 valence electrons. The van der Waals surface area contributed by atoms with Gasteiger partial charge in [0.15, 0.2) is 0 Å². The number of benzene rings is 1. The van der Waals surface area contributed by atoms with Gasteiger partial charge in [-0.1, -0.05) is 12.1 Å². The molecule has 0 aromatic heterocycles. The molecule has 25 heavy (non-hydrogen) atoms. The molecule has 1 amide bonds. The largest absolute Gasteiger partial charge is 0.367 e. The molecule has 6 heteroatoms. The first-order valence-electron chi connectivity index (χ1n) is 8.76. The summed E-state index contributed by atoms with van der Waals surface area (Å²) in [6, 6.07) is 7.71. The highest BCUT2D eigenvalue weighted by molar-refractivity contribution is 5.94. The van der Waals surface area contributed by atoms with Crippen LogP contribution in [0.1, 0.15) is 39.2 Å². The van der Waals surface area contributed by atoms with E-state index in [0.717, 1.165) is 11.3 Å². The van der Waals surface area contributed by atoms with E-state index in [0.29, 0.717) is 32.5 Å². The Morgan fingerprint density at radius 1 is 1.20 bits per heavy atom. The molecular formula is C19H29N3O3. The molecule has 1 heterocycles. The molecule has 6 nitrogen and oxygen atoms in total. The Kier molecular flexibility index (Phi) is 6.19. The van der Waals surface area contributed by atoms with Crippen molar-refractivity contribution in [2.24, 2.45) is 17.1 Å². The van der Waals surface area contributed by atoms with Crippen LogP contribution in [0.3, 0.4) is 0 Å². The maximum absolute atomic E-state index is 12.7. The lowest BCUT2D eigenvalue weighted by atomic mass is 9.96. The molecule has 1 aromatic rings. The third-order valence-corrected chi connectivity index (χ3v) is 4.52. The van der Waals surface area contributed by atoms with Crippen LogP contribution < -0.4 is 10.6 Å². The minimum atomic E-state index is -0.525. The van der Waals surface area contributed by atoms with E-state index in [4.69, 9.17) is 10.6 Å². The number of hydrogen-bond donors (Lipinski definition) is 1. The third kappa shape index (κ3) is 5.03. The van der Waals surface area contributed by atoms with Crippen molar-refractivity contribution in [2.45, 2.75) is 40.2 Å². The highest BCUT2D eigenvalue weighted by atomic mass is 16.7. The fourth-order valence-electron chi connectivity index (χ4n) is 2.70. The van der Waals surface area contributed by atoms with Gasteiger partial charge < -0.3 is 15.5 Å². The summed E-state index contributed by atoms with van der Waals surface area (Å²) < 4.78 is 0. The number of piperidine rings is 1. The van der Waals surface area contributed by atoms with Gasteiger partial charge in [-0.25, -0.2) is 4.79 Å². The molecular weight excluding hydrogens is 318 g/mol. The average molecular weight is 347 g/mol. The lowest BCUT2D eigenvalue weighted by Gasteiger charge is -2.33. The van der Waals surface area contributed by atoms with Gasteiger partial charge in [-0.05, 0) is 51.3 Å². The lowest BCUT2D eigenvalue weighted by Crippen LogP contribution is -2.43. The van der Waals surface area contributed by atoms with Crippen molar-refractivity contribution in [1.82, 2.24) is 5.06 Å². The Morgan fingerprint density at radius 2 is 1.76 bits per heavy atom. The van der Waals surface area contributed by atoms with Crippen molar-refractivity contribution < 1.29 is 14.4 Å². The van der Waals surface area contributed by atoms with E-state index in [2.05, 4.69) is 0 Å². The molecule has 0 radical (unpaired) electrons. The van der Waals surface area contributed by atoms with Gasteiger partial charge in [0.25, 0.3) is 0 Å². The molecule has 0 atom stereocenters. The molecule has 2 N–H and O–H groups in total. The predicted octanol–water partition coefficient (Wildman–Crippen LogP) is 2.32. The minimum Gasteiger partial charge on any atom is -0.367 e. The molecule has 1 aliphatic rings. The summed E-state index contributed by atoms with van der Waals surface area (Å²) in [5, 5.41) is 1.67. The summed E-state index contributed by atoms with van der Waals surface area (Å²) in [7, 11) is 1.80. The summed E-state index contributed by atoms with van der Waals surface area (Å²) in [4.78, 5) is 31.8. The molecule has 2 rings (SSSR count). The van der Waals surface area contributed by atoms with Crippen molar-refractivity contribution in [3.8, 4) is 0 Å². The fraction of sp³-hybridized carbons (Fsp3) is 0.579. The Balaban J connectivity index is 1.88. The number of hydroxylamine groups is 2. The number of carbonyl (C=O) groups excluding carboxylic acids is 2. The topological polar surface area (TPSA) is 75.9 Å². The molecule has 0 saturated carbocycles. The van der Waals surface area contributed by atoms with Crippen LogP contribution in [0.15, 0.2) is 24.3 Å². The van der Waals surface area contributed by atoms with Gasteiger partial charge in [0.05, 0.1) is 5.41 Å². The number of hydrogen-bond acceptors (Lipinski definition) is 5. The van der Waals surface area contributed by atoms with E-state index in [1.54, 1.807) is 17.0 Å². The van der Waals surface area contributed by atoms with Gasteiger partial charge in [-0.2, -0.15) is 0 Å². The van der Waals surface area contributed by atoms with E-state index in [1.807, 2.05) is 45.0 Å². The Hall–Kier alpha value is -1.92. The normalized spacial score (nSPS) is 16.5. The van der Waals surface area contributed by atoms with Gasteiger partial charge in [-0.3, -0.25) is 4.79 Å². The van der Waals surface area contributed by atoms with E-state index in [1.165, 1.54) is 0 Å². The lowest BCUT2D eigenvalue weighted by molar-refractivity contribution is -0.205. The molecule has 0 spiro atoms. The van der Waals surface area contributed by atoms with Crippen LogP contribution in [-0.4, -0.2) is 37.1 Å². The first-order valence-corrected chi connectivity index (χ1v) is 8.76. The highest BCUT2D eigenvalue weighted by Gasteiger charge is 2.31. The number of anilines is 1. The average Bonchev–Trinajstić information content (AvgIpc) is 2.60. The van der Waals surface area contributed by atoms with E-state index >= 15 is 0 Å². The zero-order valence-corrected chi connectivity index (χ0v) is 15.6. The van der Waals surface area contributed by atoms with E-state index in [9.17, 15) is 9.59 Å². The smallest absolute Gasteiger partial charge is 0.330 e. The molecule has 0 bridgehead atoms. The quantitative estimate of drug-likeness (QED) is 0.905. The predicted molar refractivity (Wildman–Crippen MR) is 97.6 cm³/mol. The van der Waals surface area contributed by atoms with Crippen LogP contribution in [0.5, 0.6) is 0 Å². The second-order valence-corrected chi connectivity index (χ2v) is 7.60. The van der Waals surface area contributed by atoms with E-state index in [-0.39, 0.29) is 17.8 Å². The van der Waals surface area contributed by atoms with Crippen molar-refractivity contribution in [1.29, 1.82) is 0 Å². The number of nitrogens with zero attached hydrogens (tertiary/aromatic N) is 2. The first-order chi connectivity index (χ1) is 11.7. The van der Waals surface area contributed by atoms with Crippen LogP contribution in [0.2, 0.25) is 0 Å². The van der Waals surface area contributed by atoms with Crippen LogP contribution in [0, 0.1) is 11.3 Å². The van der Waals surface area contributed by atoms with Gasteiger partial charge in [0, 0.05) is 38.3 Å². The Bertz CT molecular complexity index is 599. The zero-order chi connectivity index (χ0) is 18.6.